The Morgan fingerprint density at radius 2 is 1.75 bits per heavy atom. The molecule has 32 heavy (non-hydrogen) atoms. The van der Waals surface area contributed by atoms with E-state index in [1.807, 2.05) is 6.21 Å². The van der Waals surface area contributed by atoms with Crippen LogP contribution in [0.4, 0.5) is 0 Å². The van der Waals surface area contributed by atoms with Crippen LogP contribution in [0, 0.1) is 40.4 Å². The molecule has 1 amide bonds. The lowest BCUT2D eigenvalue weighted by Gasteiger charge is -2.79. The van der Waals surface area contributed by atoms with Gasteiger partial charge < -0.3 is 5.73 Å². The second kappa shape index (κ2) is 6.65. The number of amides is 1. The van der Waals surface area contributed by atoms with Crippen LogP contribution in [0.25, 0.3) is 0 Å². The Kier molecular flexibility index (Phi) is 4.10. The van der Waals surface area contributed by atoms with Gasteiger partial charge in [0.05, 0.1) is 5.41 Å². The molecule has 6 fully saturated rings. The highest BCUT2D eigenvalue weighted by molar-refractivity contribution is 5.94. The molecular weight excluding hydrogens is 392 g/mol. The van der Waals surface area contributed by atoms with E-state index in [9.17, 15) is 4.79 Å². The molecule has 5 atom stereocenters. The SMILES string of the molecule is NCC1CCC(C=NC(=O)C23CC4CC25C(CC5(c2ccccc2)C3)/C4=C\C2CC2)CC1. The van der Waals surface area contributed by atoms with Crippen molar-refractivity contribution in [2.45, 2.75) is 69.6 Å². The maximum atomic E-state index is 13.8. The molecule has 1 aromatic rings. The normalized spacial score (nSPS) is 47.3. The molecule has 3 nitrogen and oxygen atoms in total. The number of allylic oxidation sites excluding steroid dienone is 2. The maximum Gasteiger partial charge on any atom is 0.252 e. The second-order valence-electron chi connectivity index (χ2n) is 12.1. The fourth-order valence-electron chi connectivity index (χ4n) is 9.33. The van der Waals surface area contributed by atoms with Gasteiger partial charge in [0.15, 0.2) is 0 Å². The van der Waals surface area contributed by atoms with Crippen molar-refractivity contribution in [1.82, 2.24) is 0 Å². The van der Waals surface area contributed by atoms with E-state index < -0.39 is 0 Å². The summed E-state index contributed by atoms with van der Waals surface area (Å²) in [5.74, 6) is 3.46. The van der Waals surface area contributed by atoms with Crippen molar-refractivity contribution in [2.75, 3.05) is 6.54 Å². The quantitative estimate of drug-likeness (QED) is 0.501. The number of nitrogens with two attached hydrogens (primary N) is 1. The number of fused-ring (bicyclic) bond motifs is 1. The summed E-state index contributed by atoms with van der Waals surface area (Å²) in [6.07, 6.45) is 16.7. The molecule has 0 radical (unpaired) electrons. The molecule has 0 aromatic heterocycles. The Hall–Kier alpha value is -1.74. The minimum Gasteiger partial charge on any atom is -0.330 e. The summed E-state index contributed by atoms with van der Waals surface area (Å²) >= 11 is 0. The average molecular weight is 429 g/mol. The summed E-state index contributed by atoms with van der Waals surface area (Å²) < 4.78 is 0. The van der Waals surface area contributed by atoms with Gasteiger partial charge in [-0.2, -0.15) is 0 Å². The van der Waals surface area contributed by atoms with Crippen LogP contribution in [0.5, 0.6) is 0 Å². The van der Waals surface area contributed by atoms with E-state index in [4.69, 9.17) is 10.7 Å². The Balaban J connectivity index is 1.19. The molecule has 168 valence electrons. The van der Waals surface area contributed by atoms with Crippen LogP contribution in [-0.4, -0.2) is 18.7 Å². The lowest BCUT2D eigenvalue weighted by molar-refractivity contribution is -0.246. The molecular formula is C29H36N2O. The first-order chi connectivity index (χ1) is 15.6. The number of aliphatic imine (C=N–C) groups is 1. The summed E-state index contributed by atoms with van der Waals surface area (Å²) in [6.45, 7) is 0.801. The summed E-state index contributed by atoms with van der Waals surface area (Å²) in [5, 5.41) is 0. The van der Waals surface area contributed by atoms with Gasteiger partial charge in [0.25, 0.3) is 5.91 Å². The van der Waals surface area contributed by atoms with Gasteiger partial charge in [-0.3, -0.25) is 4.79 Å². The van der Waals surface area contributed by atoms with Crippen molar-refractivity contribution < 1.29 is 4.79 Å². The largest absolute Gasteiger partial charge is 0.330 e. The highest BCUT2D eigenvalue weighted by Gasteiger charge is 2.90. The molecule has 6 aliphatic carbocycles. The highest BCUT2D eigenvalue weighted by Crippen LogP contribution is 2.92. The van der Waals surface area contributed by atoms with Crippen LogP contribution < -0.4 is 5.73 Å². The van der Waals surface area contributed by atoms with Crippen LogP contribution in [0.2, 0.25) is 0 Å². The zero-order valence-corrected chi connectivity index (χ0v) is 19.1. The first-order valence-corrected chi connectivity index (χ1v) is 13.2. The van der Waals surface area contributed by atoms with Crippen LogP contribution in [0.1, 0.15) is 69.8 Å². The molecule has 6 saturated carbocycles. The van der Waals surface area contributed by atoms with Crippen molar-refractivity contribution in [3.8, 4) is 0 Å². The molecule has 6 aliphatic rings. The van der Waals surface area contributed by atoms with E-state index in [-0.39, 0.29) is 22.2 Å². The molecule has 0 heterocycles. The first kappa shape index (κ1) is 19.7. The molecule has 1 spiro atoms. The molecule has 5 unspecified atom stereocenters. The van der Waals surface area contributed by atoms with Gasteiger partial charge in [-0.15, -0.1) is 0 Å². The van der Waals surface area contributed by atoms with Crippen LogP contribution in [0.15, 0.2) is 47.0 Å². The predicted octanol–water partition coefficient (Wildman–Crippen LogP) is 5.44. The van der Waals surface area contributed by atoms with Gasteiger partial charge in [0, 0.05) is 17.0 Å². The zero-order chi connectivity index (χ0) is 21.6. The standard InChI is InChI=1S/C29H36N2O/c30-16-20-8-10-21(11-9-20)17-31-26(32)28-13-22-14-29(28)25(24(22)12-19-6-7-19)15-27(29,18-28)23-4-2-1-3-5-23/h1-5,12,17,19-22,25H,6-11,13-16,18,30H2/b24-12-,31-17?. The van der Waals surface area contributed by atoms with Gasteiger partial charge in [-0.1, -0.05) is 42.0 Å². The van der Waals surface area contributed by atoms with Crippen LogP contribution in [-0.2, 0) is 10.2 Å². The summed E-state index contributed by atoms with van der Waals surface area (Å²) in [4.78, 5) is 18.6. The number of hydrogen-bond donors (Lipinski definition) is 1. The molecule has 1 aromatic carbocycles. The van der Waals surface area contributed by atoms with Crippen LogP contribution >= 0.6 is 0 Å². The van der Waals surface area contributed by atoms with E-state index in [2.05, 4.69) is 36.4 Å². The van der Waals surface area contributed by atoms with E-state index in [1.165, 1.54) is 44.1 Å². The Morgan fingerprint density at radius 3 is 2.47 bits per heavy atom. The van der Waals surface area contributed by atoms with Gasteiger partial charge in [-0.25, -0.2) is 4.99 Å². The Bertz CT molecular complexity index is 1000. The lowest BCUT2D eigenvalue weighted by Crippen LogP contribution is -2.78. The number of rotatable bonds is 5. The average Bonchev–Trinajstić information content (AvgIpc) is 3.52. The third-order valence-electron chi connectivity index (χ3n) is 10.9. The molecule has 0 saturated heterocycles. The van der Waals surface area contributed by atoms with Crippen molar-refractivity contribution in [3.05, 3.63) is 47.5 Å². The van der Waals surface area contributed by atoms with Crippen molar-refractivity contribution in [1.29, 1.82) is 0 Å². The minimum atomic E-state index is -0.192. The van der Waals surface area contributed by atoms with Crippen molar-refractivity contribution in [2.24, 2.45) is 51.1 Å². The Labute approximate surface area is 191 Å². The second-order valence-corrected chi connectivity index (χ2v) is 12.1. The summed E-state index contributed by atoms with van der Waals surface area (Å²) in [7, 11) is 0. The number of carbonyl (C=O) groups is 1. The van der Waals surface area contributed by atoms with E-state index in [0.29, 0.717) is 23.7 Å². The maximum absolute atomic E-state index is 13.8. The fourth-order valence-corrected chi connectivity index (χ4v) is 9.33. The van der Waals surface area contributed by atoms with Gasteiger partial charge in [0.1, 0.15) is 0 Å². The predicted molar refractivity (Wildman–Crippen MR) is 127 cm³/mol. The van der Waals surface area contributed by atoms with Gasteiger partial charge >= 0.3 is 0 Å². The first-order valence-electron chi connectivity index (χ1n) is 13.2. The minimum absolute atomic E-state index is 0.151. The zero-order valence-electron chi connectivity index (χ0n) is 19.1. The monoisotopic (exact) mass is 428 g/mol. The number of nitrogens with zero attached hydrogens (tertiary/aromatic N) is 1. The van der Waals surface area contributed by atoms with Crippen molar-refractivity contribution >= 4 is 12.1 Å². The highest BCUT2D eigenvalue weighted by atomic mass is 16.1. The van der Waals surface area contributed by atoms with E-state index >= 15 is 0 Å². The summed E-state index contributed by atoms with van der Waals surface area (Å²) in [5.41, 5.74) is 9.26. The molecule has 2 bridgehead atoms. The lowest BCUT2D eigenvalue weighted by atomic mass is 9.23. The smallest absolute Gasteiger partial charge is 0.252 e. The molecule has 3 heteroatoms. The summed E-state index contributed by atoms with van der Waals surface area (Å²) in [6, 6.07) is 11.2. The van der Waals surface area contributed by atoms with E-state index in [1.54, 1.807) is 5.57 Å². The van der Waals surface area contributed by atoms with Gasteiger partial charge in [0.2, 0.25) is 0 Å². The number of hydrogen-bond acceptors (Lipinski definition) is 2. The Morgan fingerprint density at radius 1 is 1.00 bits per heavy atom. The fraction of sp³-hybridized carbons (Fsp3) is 0.655. The molecule has 0 aliphatic heterocycles. The van der Waals surface area contributed by atoms with Crippen LogP contribution in [0.3, 0.4) is 0 Å². The topological polar surface area (TPSA) is 55.4 Å². The molecule has 2 N–H and O–H groups in total. The third kappa shape index (κ3) is 2.31. The van der Waals surface area contributed by atoms with E-state index in [0.717, 1.165) is 38.1 Å². The molecule has 7 rings (SSSR count). The number of carbonyl (C=O) groups excluding carboxylic acids is 1. The van der Waals surface area contributed by atoms with Crippen molar-refractivity contribution in [3.63, 3.8) is 0 Å². The van der Waals surface area contributed by atoms with Gasteiger partial charge in [-0.05, 0) is 106 Å². The third-order valence-corrected chi connectivity index (χ3v) is 10.9. The number of benzene rings is 1.